The summed E-state index contributed by atoms with van der Waals surface area (Å²) in [4.78, 5) is 38.3. The summed E-state index contributed by atoms with van der Waals surface area (Å²) in [5.41, 5.74) is 4.69. The third kappa shape index (κ3) is 5.17. The summed E-state index contributed by atoms with van der Waals surface area (Å²) in [5.74, 6) is -2.45. The first-order valence-electron chi connectivity index (χ1n) is 9.97. The number of hydrogen-bond donors (Lipinski definition) is 3. The molecule has 10 heteroatoms. The molecule has 1 heterocycles. The van der Waals surface area contributed by atoms with Gasteiger partial charge in [-0.05, 0) is 67.1 Å². The van der Waals surface area contributed by atoms with Crippen LogP contribution in [0.1, 0.15) is 16.1 Å². The van der Waals surface area contributed by atoms with Gasteiger partial charge in [-0.2, -0.15) is 0 Å². The molecular formula is C24H17Cl3N4O3. The molecule has 172 valence electrons. The number of benzene rings is 3. The van der Waals surface area contributed by atoms with Crippen LogP contribution < -0.4 is 16.1 Å². The highest BCUT2D eigenvalue weighted by Gasteiger charge is 2.21. The second-order valence-corrected chi connectivity index (χ2v) is 8.67. The van der Waals surface area contributed by atoms with E-state index in [2.05, 4.69) is 16.1 Å². The number of rotatable bonds is 4. The van der Waals surface area contributed by atoms with Crippen molar-refractivity contribution in [2.24, 2.45) is 0 Å². The summed E-state index contributed by atoms with van der Waals surface area (Å²) >= 11 is 18.2. The Morgan fingerprint density at radius 1 is 0.765 bits per heavy atom. The van der Waals surface area contributed by atoms with Crippen LogP contribution in [0.2, 0.25) is 15.1 Å². The van der Waals surface area contributed by atoms with Crippen molar-refractivity contribution in [3.63, 3.8) is 0 Å². The molecule has 0 saturated heterocycles. The molecule has 4 aromatic rings. The number of halogens is 3. The van der Waals surface area contributed by atoms with Gasteiger partial charge in [-0.3, -0.25) is 19.8 Å². The summed E-state index contributed by atoms with van der Waals surface area (Å²) < 4.78 is 1.23. The number of fused-ring (bicyclic) bond motifs is 1. The lowest BCUT2D eigenvalue weighted by molar-refractivity contribution is -0.133. The van der Waals surface area contributed by atoms with Crippen molar-refractivity contribution >= 4 is 74.8 Å². The Balaban J connectivity index is 1.62. The van der Waals surface area contributed by atoms with Crippen LogP contribution in [-0.4, -0.2) is 22.4 Å². The molecule has 7 nitrogen and oxygen atoms in total. The molecule has 3 N–H and O–H groups in total. The van der Waals surface area contributed by atoms with Crippen LogP contribution >= 0.6 is 34.8 Å². The molecular weight excluding hydrogens is 499 g/mol. The molecule has 3 aromatic carbocycles. The van der Waals surface area contributed by atoms with Crippen molar-refractivity contribution in [2.45, 2.75) is 6.92 Å². The summed E-state index contributed by atoms with van der Waals surface area (Å²) in [6.07, 6.45) is 0. The maximum Gasteiger partial charge on any atom is 0.328 e. The molecule has 34 heavy (non-hydrogen) atoms. The van der Waals surface area contributed by atoms with Gasteiger partial charge in [-0.15, -0.1) is 0 Å². The fourth-order valence-corrected chi connectivity index (χ4v) is 3.80. The van der Waals surface area contributed by atoms with Gasteiger partial charge in [0, 0.05) is 31.8 Å². The first-order valence-corrected chi connectivity index (χ1v) is 11.1. The molecule has 0 fully saturated rings. The number of amides is 3. The van der Waals surface area contributed by atoms with E-state index in [9.17, 15) is 14.4 Å². The number of aryl methyl sites for hydroxylation is 1. The molecule has 0 saturated carbocycles. The van der Waals surface area contributed by atoms with E-state index in [1.165, 1.54) is 4.68 Å². The SMILES string of the molecule is Cc1ccc(NC(=O)C(=O)Nn2c(C(=O)Nc3cccc(Cl)c3)cc3cc(Cl)ccc32)cc1Cl. The normalized spacial score (nSPS) is 10.7. The number of nitrogens with one attached hydrogen (secondary N) is 3. The van der Waals surface area contributed by atoms with Crippen molar-refractivity contribution < 1.29 is 14.4 Å². The van der Waals surface area contributed by atoms with Crippen LogP contribution in [0.5, 0.6) is 0 Å². The number of nitrogens with zero attached hydrogens (tertiary/aromatic N) is 1. The highest BCUT2D eigenvalue weighted by atomic mass is 35.5. The topological polar surface area (TPSA) is 92.2 Å². The van der Waals surface area contributed by atoms with Crippen LogP contribution in [0.3, 0.4) is 0 Å². The predicted octanol–water partition coefficient (Wildman–Crippen LogP) is 5.87. The number of aromatic nitrogens is 1. The average molecular weight is 516 g/mol. The smallest absolute Gasteiger partial charge is 0.321 e. The highest BCUT2D eigenvalue weighted by Crippen LogP contribution is 2.24. The van der Waals surface area contributed by atoms with Crippen molar-refractivity contribution in [1.29, 1.82) is 0 Å². The fraction of sp³-hybridized carbons (Fsp3) is 0.0417. The Bertz CT molecular complexity index is 1450. The van der Waals surface area contributed by atoms with Crippen LogP contribution in [0.4, 0.5) is 11.4 Å². The Hall–Kier alpha value is -3.52. The monoisotopic (exact) mass is 514 g/mol. The Kier molecular flexibility index (Phi) is 6.79. The molecule has 0 aliphatic carbocycles. The van der Waals surface area contributed by atoms with E-state index in [1.54, 1.807) is 66.7 Å². The second kappa shape index (κ2) is 9.77. The second-order valence-electron chi connectivity index (χ2n) is 7.39. The van der Waals surface area contributed by atoms with Gasteiger partial charge in [0.25, 0.3) is 5.91 Å². The Morgan fingerprint density at radius 3 is 2.24 bits per heavy atom. The van der Waals surface area contributed by atoms with E-state index in [0.29, 0.717) is 37.3 Å². The minimum atomic E-state index is -0.985. The van der Waals surface area contributed by atoms with Gasteiger partial charge in [0.05, 0.1) is 5.52 Å². The van der Waals surface area contributed by atoms with E-state index in [4.69, 9.17) is 34.8 Å². The Labute approximate surface area is 209 Å². The minimum Gasteiger partial charge on any atom is -0.321 e. The van der Waals surface area contributed by atoms with E-state index in [-0.39, 0.29) is 5.69 Å². The first kappa shape index (κ1) is 23.6. The van der Waals surface area contributed by atoms with Gasteiger partial charge in [0.15, 0.2) is 0 Å². The molecule has 4 rings (SSSR count). The van der Waals surface area contributed by atoms with Crippen LogP contribution in [0.15, 0.2) is 66.7 Å². The highest BCUT2D eigenvalue weighted by molar-refractivity contribution is 6.42. The molecule has 3 amide bonds. The minimum absolute atomic E-state index is 0.0803. The van der Waals surface area contributed by atoms with E-state index in [0.717, 1.165) is 5.56 Å². The molecule has 0 spiro atoms. The quantitative estimate of drug-likeness (QED) is 0.297. The van der Waals surface area contributed by atoms with E-state index in [1.807, 2.05) is 6.92 Å². The van der Waals surface area contributed by atoms with E-state index >= 15 is 0 Å². The van der Waals surface area contributed by atoms with Crippen molar-refractivity contribution in [3.8, 4) is 0 Å². The zero-order valence-corrected chi connectivity index (χ0v) is 19.9. The molecule has 0 radical (unpaired) electrons. The molecule has 0 bridgehead atoms. The molecule has 0 aliphatic heterocycles. The maximum atomic E-state index is 13.0. The third-order valence-electron chi connectivity index (χ3n) is 4.93. The molecule has 1 aromatic heterocycles. The predicted molar refractivity (Wildman–Crippen MR) is 136 cm³/mol. The van der Waals surface area contributed by atoms with Crippen LogP contribution in [0, 0.1) is 6.92 Å². The fourth-order valence-electron chi connectivity index (χ4n) is 3.25. The largest absolute Gasteiger partial charge is 0.328 e. The third-order valence-corrected chi connectivity index (χ3v) is 5.81. The zero-order chi connectivity index (χ0) is 24.4. The van der Waals surface area contributed by atoms with Crippen molar-refractivity contribution in [3.05, 3.63) is 93.1 Å². The summed E-state index contributed by atoms with van der Waals surface area (Å²) in [5, 5.41) is 7.16. The van der Waals surface area contributed by atoms with Gasteiger partial charge < -0.3 is 10.6 Å². The van der Waals surface area contributed by atoms with Gasteiger partial charge in [0.2, 0.25) is 0 Å². The first-order chi connectivity index (χ1) is 16.2. The Morgan fingerprint density at radius 2 is 1.50 bits per heavy atom. The molecule has 0 aliphatic rings. The number of hydrogen-bond acceptors (Lipinski definition) is 3. The van der Waals surface area contributed by atoms with Gasteiger partial charge in [-0.25, -0.2) is 4.68 Å². The van der Waals surface area contributed by atoms with E-state index < -0.39 is 17.7 Å². The number of carbonyl (C=O) groups excluding carboxylic acids is 3. The lowest BCUT2D eigenvalue weighted by atomic mass is 10.2. The molecule has 0 atom stereocenters. The number of carbonyl (C=O) groups is 3. The van der Waals surface area contributed by atoms with Crippen molar-refractivity contribution in [2.75, 3.05) is 16.1 Å². The standard InChI is InChI=1S/C24H17Cl3N4O3/c1-13-5-7-18(12-19(13)27)29-23(33)24(34)30-31-20-8-6-16(26)9-14(20)10-21(31)22(32)28-17-4-2-3-15(25)11-17/h2-12H,1H3,(H,28,32)(H,29,33)(H,30,34). The zero-order valence-electron chi connectivity index (χ0n) is 17.7. The summed E-state index contributed by atoms with van der Waals surface area (Å²) in [6.45, 7) is 1.82. The summed E-state index contributed by atoms with van der Waals surface area (Å²) in [7, 11) is 0. The van der Waals surface area contributed by atoms with Crippen LogP contribution in [-0.2, 0) is 9.59 Å². The molecule has 0 unspecified atom stereocenters. The maximum absolute atomic E-state index is 13.0. The summed E-state index contributed by atoms with van der Waals surface area (Å²) in [6, 6.07) is 18.0. The van der Waals surface area contributed by atoms with Gasteiger partial charge in [0.1, 0.15) is 5.69 Å². The van der Waals surface area contributed by atoms with Crippen LogP contribution in [0.25, 0.3) is 10.9 Å². The lowest BCUT2D eigenvalue weighted by Crippen LogP contribution is -2.36. The van der Waals surface area contributed by atoms with Crippen molar-refractivity contribution in [1.82, 2.24) is 4.68 Å². The lowest BCUT2D eigenvalue weighted by Gasteiger charge is -2.13. The number of anilines is 2. The van der Waals surface area contributed by atoms with Gasteiger partial charge in [-0.1, -0.05) is 46.9 Å². The average Bonchev–Trinajstić information content (AvgIpc) is 3.13. The van der Waals surface area contributed by atoms with Gasteiger partial charge >= 0.3 is 11.8 Å².